The van der Waals surface area contributed by atoms with Crippen LogP contribution < -0.4 is 19.7 Å². The first-order valence-corrected chi connectivity index (χ1v) is 13.3. The van der Waals surface area contributed by atoms with Crippen LogP contribution in [0.4, 0.5) is 5.69 Å². The molecule has 0 aliphatic carbocycles. The molecule has 2 amide bonds. The van der Waals surface area contributed by atoms with Crippen molar-refractivity contribution in [2.75, 3.05) is 30.8 Å². The molecule has 4 bridgehead atoms. The number of ether oxygens (including phenoxy) is 1. The van der Waals surface area contributed by atoms with Crippen molar-refractivity contribution in [1.82, 2.24) is 10.6 Å². The van der Waals surface area contributed by atoms with Crippen molar-refractivity contribution in [3.8, 4) is 5.75 Å². The average Bonchev–Trinajstić information content (AvgIpc) is 2.80. The lowest BCUT2D eigenvalue weighted by atomic mass is 10.0. The number of sulfonamides is 1. The van der Waals surface area contributed by atoms with E-state index in [1.54, 1.807) is 0 Å². The number of rotatable bonds is 5. The molecule has 1 aliphatic rings. The van der Waals surface area contributed by atoms with E-state index in [2.05, 4.69) is 10.6 Å². The third-order valence-corrected chi connectivity index (χ3v) is 6.99. The maximum atomic E-state index is 13.2. The maximum absolute atomic E-state index is 13.2. The Morgan fingerprint density at radius 1 is 1.06 bits per heavy atom. The van der Waals surface area contributed by atoms with Crippen LogP contribution in [0.2, 0.25) is 0 Å². The van der Waals surface area contributed by atoms with E-state index in [-0.39, 0.29) is 42.0 Å². The number of aliphatic hydroxyl groups is 1. The summed E-state index contributed by atoms with van der Waals surface area (Å²) in [5.74, 6) is -0.0602. The van der Waals surface area contributed by atoms with Crippen LogP contribution in [0.5, 0.6) is 5.75 Å². The van der Waals surface area contributed by atoms with E-state index < -0.39 is 27.9 Å². The summed E-state index contributed by atoms with van der Waals surface area (Å²) in [6, 6.07) is 10.8. The van der Waals surface area contributed by atoms with E-state index in [1.165, 1.54) is 25.2 Å². The zero-order chi connectivity index (χ0) is 25.8. The third kappa shape index (κ3) is 7.19. The molecule has 190 valence electrons. The lowest BCUT2D eigenvalue weighted by Gasteiger charge is -2.22. The summed E-state index contributed by atoms with van der Waals surface area (Å²) in [4.78, 5) is 26.3. The Kier molecular flexibility index (Phi) is 8.39. The highest BCUT2D eigenvalue weighted by Crippen LogP contribution is 2.22. The van der Waals surface area contributed by atoms with Gasteiger partial charge in [-0.2, -0.15) is 0 Å². The Hall–Kier alpha value is -3.11. The third-order valence-electron chi connectivity index (χ3n) is 5.78. The fourth-order valence-electron chi connectivity index (χ4n) is 3.93. The number of nitrogens with one attached hydrogen (secondary N) is 2. The minimum Gasteiger partial charge on any atom is -0.491 e. The van der Waals surface area contributed by atoms with Crippen LogP contribution >= 0.6 is 0 Å². The molecule has 2 aromatic carbocycles. The SMILES string of the molecule is CC(C)CC1COc2cccc(c2)CC(CO)NC(=O)c2cc(cc(N(C)S(C)(=O)=O)c2)C(=O)N1. The normalized spacial score (nSPS) is 19.1. The van der Waals surface area contributed by atoms with E-state index in [1.807, 2.05) is 38.1 Å². The predicted molar refractivity (Wildman–Crippen MR) is 134 cm³/mol. The number of benzene rings is 2. The minimum absolute atomic E-state index is 0.113. The van der Waals surface area contributed by atoms with E-state index in [9.17, 15) is 23.1 Å². The molecule has 3 N–H and O–H groups in total. The molecule has 9 nitrogen and oxygen atoms in total. The molecule has 2 unspecified atom stereocenters. The van der Waals surface area contributed by atoms with Gasteiger partial charge in [-0.25, -0.2) is 8.42 Å². The van der Waals surface area contributed by atoms with Gasteiger partial charge < -0.3 is 20.5 Å². The highest BCUT2D eigenvalue weighted by Gasteiger charge is 2.23. The zero-order valence-corrected chi connectivity index (χ0v) is 21.3. The summed E-state index contributed by atoms with van der Waals surface area (Å²) in [5, 5.41) is 15.6. The standard InChI is InChI=1S/C25H33N3O6S/c1-16(2)8-21-15-34-23-7-5-6-17(10-23)9-20(14-29)26-24(30)18-11-19(25(31)27-21)13-22(12-18)28(3)35(4,32)33/h5-7,10-13,16,20-21,29H,8-9,14-15H2,1-4H3,(H,26,30)(H,27,31). The molecular weight excluding hydrogens is 470 g/mol. The number of hydrogen-bond acceptors (Lipinski definition) is 6. The minimum atomic E-state index is -3.64. The van der Waals surface area contributed by atoms with E-state index >= 15 is 0 Å². The number of nitrogens with zero attached hydrogens (tertiary/aromatic N) is 1. The van der Waals surface area contributed by atoms with Gasteiger partial charge in [0.25, 0.3) is 11.8 Å². The molecule has 0 aromatic heterocycles. The Balaban J connectivity index is 2.08. The molecule has 1 aliphatic heterocycles. The molecule has 10 heteroatoms. The Morgan fingerprint density at radius 2 is 1.69 bits per heavy atom. The number of carbonyl (C=O) groups is 2. The van der Waals surface area contributed by atoms with Crippen LogP contribution in [0.3, 0.4) is 0 Å². The number of fused-ring (bicyclic) bond motifs is 4. The first-order chi connectivity index (χ1) is 16.5. The molecule has 3 rings (SSSR count). The second kappa shape index (κ2) is 11.1. The average molecular weight is 504 g/mol. The number of hydrogen-bond donors (Lipinski definition) is 3. The molecule has 0 saturated heterocycles. The largest absolute Gasteiger partial charge is 0.491 e. The van der Waals surface area contributed by atoms with Crippen molar-refractivity contribution >= 4 is 27.5 Å². The van der Waals surface area contributed by atoms with Crippen molar-refractivity contribution in [2.24, 2.45) is 5.92 Å². The van der Waals surface area contributed by atoms with Gasteiger partial charge in [0.05, 0.1) is 30.6 Å². The van der Waals surface area contributed by atoms with Crippen molar-refractivity contribution < 1.29 is 27.9 Å². The lowest BCUT2D eigenvalue weighted by molar-refractivity contribution is 0.0914. The number of amides is 2. The number of anilines is 1. The smallest absolute Gasteiger partial charge is 0.251 e. The van der Waals surface area contributed by atoms with Crippen LogP contribution in [0.25, 0.3) is 0 Å². The highest BCUT2D eigenvalue weighted by molar-refractivity contribution is 7.92. The van der Waals surface area contributed by atoms with Crippen molar-refractivity contribution in [3.05, 3.63) is 59.2 Å². The van der Waals surface area contributed by atoms with Gasteiger partial charge in [-0.3, -0.25) is 13.9 Å². The van der Waals surface area contributed by atoms with Gasteiger partial charge in [0.15, 0.2) is 0 Å². The maximum Gasteiger partial charge on any atom is 0.251 e. The van der Waals surface area contributed by atoms with Gasteiger partial charge >= 0.3 is 0 Å². The molecule has 0 saturated carbocycles. The summed E-state index contributed by atoms with van der Waals surface area (Å²) in [6.45, 7) is 4.02. The summed E-state index contributed by atoms with van der Waals surface area (Å²) in [5.41, 5.74) is 1.31. The molecule has 1 heterocycles. The quantitative estimate of drug-likeness (QED) is 0.573. The van der Waals surface area contributed by atoms with Crippen molar-refractivity contribution in [3.63, 3.8) is 0 Å². The van der Waals surface area contributed by atoms with Gasteiger partial charge in [0, 0.05) is 18.2 Å². The molecule has 0 spiro atoms. The van der Waals surface area contributed by atoms with Gasteiger partial charge in [0.1, 0.15) is 12.4 Å². The second-order valence-corrected chi connectivity index (χ2v) is 11.3. The van der Waals surface area contributed by atoms with Gasteiger partial charge in [-0.15, -0.1) is 0 Å². The number of carbonyl (C=O) groups excluding carboxylic acids is 2. The first-order valence-electron chi connectivity index (χ1n) is 11.5. The monoisotopic (exact) mass is 503 g/mol. The van der Waals surface area contributed by atoms with Gasteiger partial charge in [-0.1, -0.05) is 26.0 Å². The molecule has 2 aromatic rings. The summed E-state index contributed by atoms with van der Waals surface area (Å²) in [6.07, 6.45) is 2.07. The van der Waals surface area contributed by atoms with Crippen LogP contribution in [-0.2, 0) is 16.4 Å². The van der Waals surface area contributed by atoms with Gasteiger partial charge in [0.2, 0.25) is 10.0 Å². The Labute approximate surface area is 206 Å². The molecule has 35 heavy (non-hydrogen) atoms. The summed E-state index contributed by atoms with van der Waals surface area (Å²) < 4.78 is 31.3. The first kappa shape index (κ1) is 26.5. The van der Waals surface area contributed by atoms with Crippen molar-refractivity contribution in [2.45, 2.75) is 38.8 Å². The van der Waals surface area contributed by atoms with Crippen LogP contribution in [0, 0.1) is 5.92 Å². The molecule has 0 fully saturated rings. The Bertz CT molecular complexity index is 1180. The zero-order valence-electron chi connectivity index (χ0n) is 20.4. The molecular formula is C25H33N3O6S. The van der Waals surface area contributed by atoms with Crippen molar-refractivity contribution in [1.29, 1.82) is 0 Å². The number of aliphatic hydroxyl groups excluding tert-OH is 1. The summed E-state index contributed by atoms with van der Waals surface area (Å²) >= 11 is 0. The topological polar surface area (TPSA) is 125 Å². The summed E-state index contributed by atoms with van der Waals surface area (Å²) in [7, 11) is -2.28. The lowest BCUT2D eigenvalue weighted by Crippen LogP contribution is -2.40. The van der Waals surface area contributed by atoms with Crippen LogP contribution in [0.15, 0.2) is 42.5 Å². The molecule has 2 atom stereocenters. The van der Waals surface area contributed by atoms with E-state index in [0.717, 1.165) is 16.1 Å². The van der Waals surface area contributed by atoms with Crippen LogP contribution in [0.1, 0.15) is 46.5 Å². The fraction of sp³-hybridized carbons (Fsp3) is 0.440. The second-order valence-electron chi connectivity index (χ2n) is 9.31. The Morgan fingerprint density at radius 3 is 2.26 bits per heavy atom. The molecule has 0 radical (unpaired) electrons. The fourth-order valence-corrected chi connectivity index (χ4v) is 4.41. The van der Waals surface area contributed by atoms with Gasteiger partial charge in [-0.05, 0) is 54.7 Å². The van der Waals surface area contributed by atoms with E-state index in [0.29, 0.717) is 18.6 Å². The van der Waals surface area contributed by atoms with E-state index in [4.69, 9.17) is 4.74 Å². The predicted octanol–water partition coefficient (Wildman–Crippen LogP) is 1.95. The highest BCUT2D eigenvalue weighted by atomic mass is 32.2. The van der Waals surface area contributed by atoms with Crippen LogP contribution in [-0.4, -0.2) is 63.9 Å².